The van der Waals surface area contributed by atoms with Crippen molar-refractivity contribution < 1.29 is 9.66 Å². The van der Waals surface area contributed by atoms with E-state index in [2.05, 4.69) is 36.1 Å². The number of ether oxygens (including phenoxy) is 1. The molecular weight excluding hydrogens is 428 g/mol. The van der Waals surface area contributed by atoms with Crippen molar-refractivity contribution in [1.82, 2.24) is 15.0 Å². The summed E-state index contributed by atoms with van der Waals surface area (Å²) in [5.74, 6) is 3.31. The summed E-state index contributed by atoms with van der Waals surface area (Å²) < 4.78 is 7.00. The van der Waals surface area contributed by atoms with Crippen LogP contribution in [0, 0.1) is 29.4 Å². The van der Waals surface area contributed by atoms with Crippen molar-refractivity contribution in [3.8, 4) is 18.1 Å². The number of hydrogen-bond donors (Lipinski definition) is 0. The molecule has 7 nitrogen and oxygen atoms in total. The van der Waals surface area contributed by atoms with Gasteiger partial charge in [-0.05, 0) is 62.3 Å². The summed E-state index contributed by atoms with van der Waals surface area (Å²) in [4.78, 5) is 10.7. The lowest BCUT2D eigenvalue weighted by atomic mass is 9.92. The Bertz CT molecular complexity index is 1030. The van der Waals surface area contributed by atoms with Crippen LogP contribution in [0.2, 0.25) is 0 Å². The molecule has 0 bridgehead atoms. The Morgan fingerprint density at radius 3 is 2.50 bits per heavy atom. The molecule has 0 radical (unpaired) electrons. The lowest BCUT2D eigenvalue weighted by molar-refractivity contribution is -0.429. The number of aromatic nitrogens is 3. The first-order valence-corrected chi connectivity index (χ1v) is 11.9. The molecule has 184 valence electrons. The lowest BCUT2D eigenvalue weighted by Crippen LogP contribution is -2.08. The van der Waals surface area contributed by atoms with Gasteiger partial charge in [0, 0.05) is 25.2 Å². The molecule has 0 unspecified atom stereocenters. The highest BCUT2D eigenvalue weighted by molar-refractivity contribution is 5.35. The molecule has 7 heteroatoms. The third kappa shape index (κ3) is 9.22. The minimum Gasteiger partial charge on any atom is -0.481 e. The molecule has 2 aromatic rings. The molecule has 1 aromatic heterocycles. The van der Waals surface area contributed by atoms with Crippen molar-refractivity contribution in [2.75, 3.05) is 6.61 Å². The van der Waals surface area contributed by atoms with Crippen molar-refractivity contribution in [3.63, 3.8) is 0 Å². The second-order valence-corrected chi connectivity index (χ2v) is 7.70. The van der Waals surface area contributed by atoms with Gasteiger partial charge in [0.05, 0.1) is 10.6 Å². The number of terminal acetylenes is 1. The molecular formula is C27H38N4O3. The standard InChI is InChI=1S/C13H18N4O2.C12H14O.C2H6/c1-3-11-8-10(5-7-13(11)17(18)19)4-6-12-9-16(2)15-14-12;1-4-8-13-12-7-6-10(3)11(5-2)9-12;1-2/h8-9H,3-7H2,1-2H3;1,6-7,9H,5,8H2,2-3H3;1-2H3. The van der Waals surface area contributed by atoms with Gasteiger partial charge in [-0.1, -0.05) is 56.5 Å². The largest absolute Gasteiger partial charge is 0.481 e. The lowest BCUT2D eigenvalue weighted by Gasteiger charge is -2.13. The average Bonchev–Trinajstić information content (AvgIpc) is 3.28. The zero-order chi connectivity index (χ0) is 25.5. The summed E-state index contributed by atoms with van der Waals surface area (Å²) in [5.41, 5.74) is 6.10. The van der Waals surface area contributed by atoms with Crippen LogP contribution in [0.4, 0.5) is 0 Å². The minimum absolute atomic E-state index is 0.241. The van der Waals surface area contributed by atoms with Gasteiger partial charge in [0.15, 0.2) is 0 Å². The maximum atomic E-state index is 10.9. The molecule has 1 aromatic carbocycles. The van der Waals surface area contributed by atoms with Crippen LogP contribution >= 0.6 is 0 Å². The van der Waals surface area contributed by atoms with Crippen LogP contribution < -0.4 is 4.74 Å². The SMILES string of the molecule is C#CCOc1ccc(C)c(CC)c1.CC.CCC1=C([N+](=O)[O-])CCC(CCc2cn(C)nn2)=C1. The van der Waals surface area contributed by atoms with Crippen LogP contribution in [0.3, 0.4) is 0 Å². The molecule has 1 aliphatic rings. The maximum Gasteiger partial charge on any atom is 0.249 e. The van der Waals surface area contributed by atoms with Crippen molar-refractivity contribution in [3.05, 3.63) is 74.3 Å². The van der Waals surface area contributed by atoms with Gasteiger partial charge in [-0.3, -0.25) is 14.8 Å². The van der Waals surface area contributed by atoms with Crippen LogP contribution in [0.25, 0.3) is 0 Å². The predicted octanol–water partition coefficient (Wildman–Crippen LogP) is 6.00. The fourth-order valence-corrected chi connectivity index (χ4v) is 3.60. The van der Waals surface area contributed by atoms with Gasteiger partial charge < -0.3 is 4.74 Å². The van der Waals surface area contributed by atoms with Crippen LogP contribution in [0.15, 0.2) is 47.3 Å². The quantitative estimate of drug-likeness (QED) is 0.270. The third-order valence-corrected chi connectivity index (χ3v) is 5.41. The smallest absolute Gasteiger partial charge is 0.249 e. The van der Waals surface area contributed by atoms with E-state index in [9.17, 15) is 10.1 Å². The molecule has 1 heterocycles. The number of hydrogen-bond acceptors (Lipinski definition) is 5. The van der Waals surface area contributed by atoms with E-state index < -0.39 is 0 Å². The Morgan fingerprint density at radius 2 is 1.94 bits per heavy atom. The molecule has 0 saturated heterocycles. The van der Waals surface area contributed by atoms with E-state index >= 15 is 0 Å². The van der Waals surface area contributed by atoms with Crippen LogP contribution in [0.1, 0.15) is 70.2 Å². The molecule has 0 aliphatic heterocycles. The first-order chi connectivity index (χ1) is 16.4. The molecule has 0 fully saturated rings. The Labute approximate surface area is 204 Å². The minimum atomic E-state index is -0.241. The van der Waals surface area contributed by atoms with E-state index in [4.69, 9.17) is 11.2 Å². The van der Waals surface area contributed by atoms with Gasteiger partial charge in [-0.25, -0.2) is 0 Å². The highest BCUT2D eigenvalue weighted by Crippen LogP contribution is 2.28. The first kappa shape index (κ1) is 28.6. The Hall–Kier alpha value is -3.40. The molecule has 3 rings (SSSR count). The summed E-state index contributed by atoms with van der Waals surface area (Å²) in [7, 11) is 1.84. The van der Waals surface area contributed by atoms with Gasteiger partial charge >= 0.3 is 0 Å². The van der Waals surface area contributed by atoms with Gasteiger partial charge in [0.2, 0.25) is 5.70 Å². The number of aryl methyl sites for hydroxylation is 4. The summed E-state index contributed by atoms with van der Waals surface area (Å²) >= 11 is 0. The van der Waals surface area contributed by atoms with E-state index in [0.717, 1.165) is 42.7 Å². The van der Waals surface area contributed by atoms with E-state index in [0.29, 0.717) is 25.1 Å². The second kappa shape index (κ2) is 15.4. The zero-order valence-corrected chi connectivity index (χ0v) is 21.4. The number of nitrogens with zero attached hydrogens (tertiary/aromatic N) is 4. The number of rotatable bonds is 8. The van der Waals surface area contributed by atoms with Gasteiger partial charge in [-0.2, -0.15) is 0 Å². The van der Waals surface area contributed by atoms with Crippen LogP contribution in [-0.2, 0) is 19.9 Å². The highest BCUT2D eigenvalue weighted by Gasteiger charge is 2.21. The van der Waals surface area contributed by atoms with E-state index in [1.54, 1.807) is 4.68 Å². The average molecular weight is 467 g/mol. The van der Waals surface area contributed by atoms with Crippen molar-refractivity contribution in [1.29, 1.82) is 0 Å². The monoisotopic (exact) mass is 466 g/mol. The predicted molar refractivity (Wildman–Crippen MR) is 137 cm³/mol. The molecule has 34 heavy (non-hydrogen) atoms. The van der Waals surface area contributed by atoms with Crippen LogP contribution in [-0.4, -0.2) is 26.5 Å². The van der Waals surface area contributed by atoms with E-state index in [-0.39, 0.29) is 4.92 Å². The van der Waals surface area contributed by atoms with Gasteiger partial charge in [0.1, 0.15) is 12.4 Å². The van der Waals surface area contributed by atoms with Gasteiger partial charge in [-0.15, -0.1) is 11.5 Å². The Morgan fingerprint density at radius 1 is 1.21 bits per heavy atom. The van der Waals surface area contributed by atoms with Crippen LogP contribution in [0.5, 0.6) is 5.75 Å². The van der Waals surface area contributed by atoms with E-state index in [1.165, 1.54) is 16.7 Å². The maximum absolute atomic E-state index is 10.9. The zero-order valence-electron chi connectivity index (χ0n) is 21.4. The Balaban J connectivity index is 0.000000337. The summed E-state index contributed by atoms with van der Waals surface area (Å²) in [6.07, 6.45) is 13.8. The summed E-state index contributed by atoms with van der Waals surface area (Å²) in [5, 5.41) is 18.9. The fraction of sp³-hybridized carbons (Fsp3) is 0.481. The van der Waals surface area contributed by atoms with Crippen molar-refractivity contribution in [2.45, 2.75) is 73.1 Å². The Kier molecular flexibility index (Phi) is 13.0. The molecule has 0 saturated carbocycles. The molecule has 0 atom stereocenters. The number of benzene rings is 1. The molecule has 0 N–H and O–H groups in total. The topological polar surface area (TPSA) is 83.1 Å². The summed E-state index contributed by atoms with van der Waals surface area (Å²) in [6.45, 7) is 10.5. The summed E-state index contributed by atoms with van der Waals surface area (Å²) in [6, 6.07) is 6.06. The number of allylic oxidation sites excluding steroid dienone is 4. The molecule has 0 spiro atoms. The normalized spacial score (nSPS) is 12.4. The first-order valence-electron chi connectivity index (χ1n) is 11.9. The second-order valence-electron chi connectivity index (χ2n) is 7.70. The third-order valence-electron chi connectivity index (χ3n) is 5.41. The fourth-order valence-electron chi connectivity index (χ4n) is 3.60. The molecule has 0 amide bonds. The molecule has 1 aliphatic carbocycles. The van der Waals surface area contributed by atoms with Crippen molar-refractivity contribution in [2.24, 2.45) is 7.05 Å². The van der Waals surface area contributed by atoms with Crippen molar-refractivity contribution >= 4 is 0 Å². The highest BCUT2D eigenvalue weighted by atomic mass is 16.6. The van der Waals surface area contributed by atoms with E-state index in [1.807, 2.05) is 52.2 Å². The van der Waals surface area contributed by atoms with Gasteiger partial charge in [0.25, 0.3) is 0 Å². The number of nitro groups is 1.